The molecule has 10 heteroatoms. The van der Waals surface area contributed by atoms with Crippen molar-refractivity contribution < 1.29 is 43.9 Å². The predicted molar refractivity (Wildman–Crippen MR) is 102 cm³/mol. The Bertz CT molecular complexity index is 650. The molecule has 0 saturated carbocycles. The van der Waals surface area contributed by atoms with Crippen molar-refractivity contribution in [2.45, 2.75) is 58.4 Å². The fourth-order valence-electron chi connectivity index (χ4n) is 2.62. The maximum absolute atomic E-state index is 11.7. The van der Waals surface area contributed by atoms with E-state index in [0.29, 0.717) is 12.1 Å². The first-order chi connectivity index (χ1) is 13.3. The molecule has 1 aliphatic heterocycles. The van der Waals surface area contributed by atoms with Crippen molar-refractivity contribution in [3.63, 3.8) is 0 Å². The molecular formula is C19H29NO9. The van der Waals surface area contributed by atoms with Gasteiger partial charge in [0.2, 0.25) is 5.91 Å². The first-order valence-electron chi connectivity index (χ1n) is 8.85. The molecule has 1 aliphatic rings. The summed E-state index contributed by atoms with van der Waals surface area (Å²) in [5, 5.41) is 32.0. The lowest BCUT2D eigenvalue weighted by Gasteiger charge is -2.39. The van der Waals surface area contributed by atoms with Crippen LogP contribution in [0.15, 0.2) is 24.3 Å². The minimum atomic E-state index is -1.42. The number of hydrogen-bond acceptors (Lipinski definition) is 9. The third-order valence-electron chi connectivity index (χ3n) is 4.03. The lowest BCUT2D eigenvalue weighted by atomic mass is 9.97. The van der Waals surface area contributed by atoms with Crippen molar-refractivity contribution in [2.75, 3.05) is 18.5 Å². The van der Waals surface area contributed by atoms with Gasteiger partial charge in [-0.15, -0.1) is 0 Å². The van der Waals surface area contributed by atoms with E-state index < -0.39 is 36.9 Å². The van der Waals surface area contributed by atoms with Crippen LogP contribution in [0.1, 0.15) is 27.7 Å². The molecule has 2 rings (SSSR count). The van der Waals surface area contributed by atoms with E-state index in [1.54, 1.807) is 19.1 Å². The number of aliphatic hydroxyl groups excluding tert-OH is 3. The number of ether oxygens (including phenoxy) is 4. The molecule has 1 amide bonds. The van der Waals surface area contributed by atoms with E-state index in [-0.39, 0.29) is 32.3 Å². The fourth-order valence-corrected chi connectivity index (χ4v) is 2.62. The first-order valence-corrected chi connectivity index (χ1v) is 8.85. The molecule has 29 heavy (non-hydrogen) atoms. The highest BCUT2D eigenvalue weighted by molar-refractivity contribution is 5.88. The highest BCUT2D eigenvalue weighted by Gasteiger charge is 2.43. The molecular weight excluding hydrogens is 386 g/mol. The van der Waals surface area contributed by atoms with E-state index in [1.165, 1.54) is 19.1 Å². The molecule has 0 spiro atoms. The summed E-state index contributed by atoms with van der Waals surface area (Å²) in [4.78, 5) is 22.6. The number of anilines is 1. The van der Waals surface area contributed by atoms with Gasteiger partial charge in [-0.05, 0) is 30.7 Å². The summed E-state index contributed by atoms with van der Waals surface area (Å²) in [6, 6.07) is 6.12. The average Bonchev–Trinajstić information content (AvgIpc) is 2.66. The number of rotatable bonds is 7. The van der Waals surface area contributed by atoms with Crippen molar-refractivity contribution in [1.82, 2.24) is 0 Å². The summed E-state index contributed by atoms with van der Waals surface area (Å²) in [7, 11) is 0. The van der Waals surface area contributed by atoms with Gasteiger partial charge in [0.1, 0.15) is 30.7 Å². The van der Waals surface area contributed by atoms with Crippen LogP contribution in [0.2, 0.25) is 0 Å². The lowest BCUT2D eigenvalue weighted by molar-refractivity contribution is -0.298. The number of carbonyl (C=O) groups excluding carboxylic acids is 2. The van der Waals surface area contributed by atoms with E-state index in [9.17, 15) is 24.9 Å². The molecule has 1 saturated heterocycles. The van der Waals surface area contributed by atoms with Crippen LogP contribution in [0.4, 0.5) is 10.5 Å². The predicted octanol–water partition coefficient (Wildman–Crippen LogP) is 1.03. The van der Waals surface area contributed by atoms with Crippen LogP contribution in [0.25, 0.3) is 0 Å². The third kappa shape index (κ3) is 7.26. The van der Waals surface area contributed by atoms with Crippen molar-refractivity contribution >= 4 is 17.7 Å². The van der Waals surface area contributed by atoms with Gasteiger partial charge in [-0.3, -0.25) is 4.79 Å². The zero-order valence-electron chi connectivity index (χ0n) is 15.6. The van der Waals surface area contributed by atoms with Crippen LogP contribution in [-0.4, -0.2) is 71.3 Å². The topological polar surface area (TPSA) is 144 Å². The third-order valence-corrected chi connectivity index (χ3v) is 4.03. The highest BCUT2D eigenvalue weighted by atomic mass is 16.7. The number of hydrogen-bond donors (Lipinski definition) is 4. The molecule has 10 nitrogen and oxygen atoms in total. The second-order valence-electron chi connectivity index (χ2n) is 6.20. The van der Waals surface area contributed by atoms with Gasteiger partial charge in [-0.2, -0.15) is 0 Å². The number of aliphatic hydroxyl groups is 3. The Hall–Kier alpha value is -2.24. The van der Waals surface area contributed by atoms with E-state index in [2.05, 4.69) is 5.32 Å². The Labute approximate surface area is 169 Å². The summed E-state index contributed by atoms with van der Waals surface area (Å²) in [5.74, 6) is 0.0152. The summed E-state index contributed by atoms with van der Waals surface area (Å²) < 4.78 is 20.5. The Morgan fingerprint density at radius 2 is 1.72 bits per heavy atom. The number of carbonyl (C=O) groups is 2. The Kier molecular flexibility index (Phi) is 9.99. The molecule has 0 aromatic heterocycles. The van der Waals surface area contributed by atoms with Gasteiger partial charge in [0.05, 0.1) is 12.7 Å². The zero-order chi connectivity index (χ0) is 20.7. The SMILES string of the molecule is C.CC[C@H]1O[C@@H](OCCOC(=O)Oc2ccc(NC(C)=O)cc2)[C@H](O)[C@@H](O)[C@@H]1O. The largest absolute Gasteiger partial charge is 0.513 e. The smallest absolute Gasteiger partial charge is 0.432 e. The first kappa shape index (κ1) is 24.8. The van der Waals surface area contributed by atoms with Crippen molar-refractivity contribution in [3.8, 4) is 5.75 Å². The molecule has 1 aromatic rings. The maximum atomic E-state index is 11.7. The molecule has 5 atom stereocenters. The zero-order valence-corrected chi connectivity index (χ0v) is 15.6. The number of benzene rings is 1. The van der Waals surface area contributed by atoms with Crippen molar-refractivity contribution in [2.24, 2.45) is 0 Å². The van der Waals surface area contributed by atoms with E-state index in [4.69, 9.17) is 18.9 Å². The van der Waals surface area contributed by atoms with Gasteiger partial charge >= 0.3 is 6.16 Å². The number of nitrogens with one attached hydrogen (secondary N) is 1. The van der Waals surface area contributed by atoms with Crippen molar-refractivity contribution in [1.29, 1.82) is 0 Å². The summed E-state index contributed by atoms with van der Waals surface area (Å²) in [5.41, 5.74) is 0.561. The second-order valence-corrected chi connectivity index (χ2v) is 6.20. The fraction of sp³-hybridized carbons (Fsp3) is 0.579. The van der Waals surface area contributed by atoms with Crippen molar-refractivity contribution in [3.05, 3.63) is 24.3 Å². The Morgan fingerprint density at radius 1 is 1.07 bits per heavy atom. The normalized spacial score (nSPS) is 26.2. The minimum absolute atomic E-state index is 0. The van der Waals surface area contributed by atoms with Gasteiger partial charge in [0, 0.05) is 12.6 Å². The molecule has 0 bridgehead atoms. The summed E-state index contributed by atoms with van der Waals surface area (Å²) in [6.07, 6.45) is -6.37. The Balaban J connectivity index is 0.00000420. The molecule has 164 valence electrons. The highest BCUT2D eigenvalue weighted by Crippen LogP contribution is 2.23. The van der Waals surface area contributed by atoms with Crippen LogP contribution in [-0.2, 0) is 19.0 Å². The minimum Gasteiger partial charge on any atom is -0.432 e. The van der Waals surface area contributed by atoms with Crippen LogP contribution in [0, 0.1) is 0 Å². The molecule has 0 radical (unpaired) electrons. The maximum Gasteiger partial charge on any atom is 0.513 e. The van der Waals surface area contributed by atoms with E-state index >= 15 is 0 Å². The number of amides is 1. The van der Waals surface area contributed by atoms with Gasteiger partial charge in [0.25, 0.3) is 0 Å². The van der Waals surface area contributed by atoms with Gasteiger partial charge < -0.3 is 39.6 Å². The lowest BCUT2D eigenvalue weighted by Crippen LogP contribution is -2.58. The van der Waals surface area contributed by atoms with Crippen LogP contribution >= 0.6 is 0 Å². The standard InChI is InChI=1S/C18H25NO9.CH4/c1-3-13-14(21)15(22)16(23)17(28-13)25-8-9-26-18(24)27-12-6-4-11(5-7-12)19-10(2)20;/h4-7,13-17,21-23H,3,8-9H2,1-2H3,(H,19,20);1H4/t13-,14-,15+,16-,17-;/m1./s1. The van der Waals surface area contributed by atoms with Crippen LogP contribution in [0.3, 0.4) is 0 Å². The quantitative estimate of drug-likeness (QED) is 0.291. The molecule has 4 N–H and O–H groups in total. The molecule has 0 aliphatic carbocycles. The molecule has 0 unspecified atom stereocenters. The van der Waals surface area contributed by atoms with Gasteiger partial charge in [-0.1, -0.05) is 14.4 Å². The van der Waals surface area contributed by atoms with E-state index in [1.807, 2.05) is 0 Å². The summed E-state index contributed by atoms with van der Waals surface area (Å²) >= 11 is 0. The van der Waals surface area contributed by atoms with Gasteiger partial charge in [0.15, 0.2) is 6.29 Å². The van der Waals surface area contributed by atoms with Gasteiger partial charge in [-0.25, -0.2) is 4.79 Å². The van der Waals surface area contributed by atoms with Crippen LogP contribution in [0.5, 0.6) is 5.75 Å². The average molecular weight is 415 g/mol. The summed E-state index contributed by atoms with van der Waals surface area (Å²) in [6.45, 7) is 2.85. The molecule has 1 fully saturated rings. The Morgan fingerprint density at radius 3 is 2.31 bits per heavy atom. The molecule has 1 heterocycles. The second kappa shape index (κ2) is 11.7. The molecule has 1 aromatic carbocycles. The monoisotopic (exact) mass is 415 g/mol. The van der Waals surface area contributed by atoms with E-state index in [0.717, 1.165) is 0 Å². The van der Waals surface area contributed by atoms with Crippen LogP contribution < -0.4 is 10.1 Å².